The molecule has 0 aliphatic heterocycles. The normalized spacial score (nSPS) is 11.5. The van der Waals surface area contributed by atoms with Crippen molar-refractivity contribution in [3.8, 4) is 0 Å². The molecule has 0 unspecified atom stereocenters. The molecule has 0 aliphatic carbocycles. The lowest BCUT2D eigenvalue weighted by atomic mass is 10.4. The predicted octanol–water partition coefficient (Wildman–Crippen LogP) is 2.52. The smallest absolute Gasteiger partial charge is 0.00103 e. The van der Waals surface area contributed by atoms with Crippen LogP contribution >= 0.6 is 11.8 Å². The van der Waals surface area contributed by atoms with Crippen LogP contribution in [0.5, 0.6) is 0 Å². The molecular weight excluding hydrogens is 154 g/mol. The summed E-state index contributed by atoms with van der Waals surface area (Å²) in [6, 6.07) is 0.638. The molecule has 0 aromatic heterocycles. The SMILES string of the molecule is CC(C)NCCCSC(C)C. The molecule has 0 aliphatic rings. The summed E-state index contributed by atoms with van der Waals surface area (Å²) in [5.74, 6) is 1.29. The van der Waals surface area contributed by atoms with Crippen LogP contribution in [0, 0.1) is 0 Å². The molecule has 0 radical (unpaired) electrons. The zero-order valence-electron chi connectivity index (χ0n) is 8.18. The summed E-state index contributed by atoms with van der Waals surface area (Å²) in [6.45, 7) is 10.0. The van der Waals surface area contributed by atoms with Gasteiger partial charge in [-0.15, -0.1) is 0 Å². The van der Waals surface area contributed by atoms with E-state index in [2.05, 4.69) is 33.0 Å². The van der Waals surface area contributed by atoms with Gasteiger partial charge in [-0.2, -0.15) is 11.8 Å². The molecule has 0 heterocycles. The summed E-state index contributed by atoms with van der Waals surface area (Å²) in [5, 5.41) is 4.19. The summed E-state index contributed by atoms with van der Waals surface area (Å²) in [7, 11) is 0. The predicted molar refractivity (Wildman–Crippen MR) is 55.3 cm³/mol. The van der Waals surface area contributed by atoms with Crippen LogP contribution in [0.1, 0.15) is 34.1 Å². The minimum Gasteiger partial charge on any atom is -0.315 e. The van der Waals surface area contributed by atoms with Crippen molar-refractivity contribution in [1.82, 2.24) is 5.32 Å². The van der Waals surface area contributed by atoms with Crippen molar-refractivity contribution in [3.05, 3.63) is 0 Å². The molecule has 0 fully saturated rings. The lowest BCUT2D eigenvalue weighted by Crippen LogP contribution is -2.24. The van der Waals surface area contributed by atoms with Gasteiger partial charge in [0.05, 0.1) is 0 Å². The van der Waals surface area contributed by atoms with Gasteiger partial charge in [-0.05, 0) is 24.0 Å². The first kappa shape index (κ1) is 11.3. The Morgan fingerprint density at radius 1 is 1.18 bits per heavy atom. The Bertz CT molecular complexity index is 71.6. The molecule has 0 amide bonds. The third-order valence-corrected chi connectivity index (χ3v) is 2.52. The van der Waals surface area contributed by atoms with Gasteiger partial charge >= 0.3 is 0 Å². The molecule has 0 spiro atoms. The van der Waals surface area contributed by atoms with Crippen LogP contribution in [-0.4, -0.2) is 23.6 Å². The summed E-state index contributed by atoms with van der Waals surface area (Å²) in [5.41, 5.74) is 0. The van der Waals surface area contributed by atoms with E-state index in [1.165, 1.54) is 12.2 Å². The Labute approximate surface area is 75.3 Å². The number of hydrogen-bond acceptors (Lipinski definition) is 2. The Hall–Kier alpha value is 0.310. The Morgan fingerprint density at radius 2 is 1.82 bits per heavy atom. The number of nitrogens with one attached hydrogen (secondary N) is 1. The second-order valence-electron chi connectivity index (χ2n) is 3.38. The molecule has 11 heavy (non-hydrogen) atoms. The first-order chi connectivity index (χ1) is 5.13. The highest BCUT2D eigenvalue weighted by Crippen LogP contribution is 2.09. The number of rotatable bonds is 6. The van der Waals surface area contributed by atoms with Crippen LogP contribution in [0.4, 0.5) is 0 Å². The van der Waals surface area contributed by atoms with E-state index in [-0.39, 0.29) is 0 Å². The summed E-state index contributed by atoms with van der Waals surface area (Å²) >= 11 is 2.04. The van der Waals surface area contributed by atoms with Gasteiger partial charge in [0.2, 0.25) is 0 Å². The van der Waals surface area contributed by atoms with E-state index in [1.54, 1.807) is 0 Å². The zero-order valence-corrected chi connectivity index (χ0v) is 9.00. The second kappa shape index (κ2) is 6.99. The van der Waals surface area contributed by atoms with Gasteiger partial charge in [-0.1, -0.05) is 27.7 Å². The standard InChI is InChI=1S/C9H21NS/c1-8(2)10-6-5-7-11-9(3)4/h8-10H,5-7H2,1-4H3. The van der Waals surface area contributed by atoms with Gasteiger partial charge < -0.3 is 5.32 Å². The van der Waals surface area contributed by atoms with Crippen molar-refractivity contribution < 1.29 is 0 Å². The highest BCUT2D eigenvalue weighted by Gasteiger charge is 1.94. The van der Waals surface area contributed by atoms with Crippen LogP contribution in [-0.2, 0) is 0 Å². The first-order valence-corrected chi connectivity index (χ1v) is 5.52. The van der Waals surface area contributed by atoms with Gasteiger partial charge in [0, 0.05) is 6.04 Å². The molecule has 0 saturated heterocycles. The third kappa shape index (κ3) is 10.3. The molecule has 0 aromatic carbocycles. The van der Waals surface area contributed by atoms with Gasteiger partial charge in [0.1, 0.15) is 0 Å². The highest BCUT2D eigenvalue weighted by atomic mass is 32.2. The monoisotopic (exact) mass is 175 g/mol. The van der Waals surface area contributed by atoms with Gasteiger partial charge in [0.25, 0.3) is 0 Å². The Morgan fingerprint density at radius 3 is 2.27 bits per heavy atom. The molecule has 0 atom stereocenters. The van der Waals surface area contributed by atoms with Gasteiger partial charge in [-0.3, -0.25) is 0 Å². The summed E-state index contributed by atoms with van der Waals surface area (Å²) in [6.07, 6.45) is 1.29. The van der Waals surface area contributed by atoms with Crippen LogP contribution in [0.15, 0.2) is 0 Å². The molecular formula is C9H21NS. The largest absolute Gasteiger partial charge is 0.315 e. The van der Waals surface area contributed by atoms with E-state index in [0.29, 0.717) is 6.04 Å². The lowest BCUT2D eigenvalue weighted by Gasteiger charge is -2.08. The van der Waals surface area contributed by atoms with Crippen molar-refractivity contribution in [2.75, 3.05) is 12.3 Å². The third-order valence-electron chi connectivity index (χ3n) is 1.32. The maximum atomic E-state index is 3.41. The Kier molecular flexibility index (Phi) is 7.18. The van der Waals surface area contributed by atoms with Crippen molar-refractivity contribution in [3.63, 3.8) is 0 Å². The maximum absolute atomic E-state index is 3.41. The second-order valence-corrected chi connectivity index (χ2v) is 5.07. The first-order valence-electron chi connectivity index (χ1n) is 4.48. The van der Waals surface area contributed by atoms with Crippen LogP contribution in [0.3, 0.4) is 0 Å². The van der Waals surface area contributed by atoms with E-state index >= 15 is 0 Å². The summed E-state index contributed by atoms with van der Waals surface area (Å²) in [4.78, 5) is 0. The van der Waals surface area contributed by atoms with E-state index in [1.807, 2.05) is 11.8 Å². The van der Waals surface area contributed by atoms with Crippen LogP contribution in [0.25, 0.3) is 0 Å². The fraction of sp³-hybridized carbons (Fsp3) is 1.00. The lowest BCUT2D eigenvalue weighted by molar-refractivity contribution is 0.585. The minimum atomic E-state index is 0.638. The fourth-order valence-electron chi connectivity index (χ4n) is 0.782. The van der Waals surface area contributed by atoms with E-state index < -0.39 is 0 Å². The summed E-state index contributed by atoms with van der Waals surface area (Å²) < 4.78 is 0. The van der Waals surface area contributed by atoms with E-state index in [0.717, 1.165) is 11.8 Å². The fourth-order valence-corrected chi connectivity index (χ4v) is 1.56. The number of hydrogen-bond donors (Lipinski definition) is 1. The number of thioether (sulfide) groups is 1. The van der Waals surface area contributed by atoms with Crippen molar-refractivity contribution >= 4 is 11.8 Å². The van der Waals surface area contributed by atoms with Crippen LogP contribution < -0.4 is 5.32 Å². The molecule has 1 N–H and O–H groups in total. The van der Waals surface area contributed by atoms with Gasteiger partial charge in [0.15, 0.2) is 0 Å². The van der Waals surface area contributed by atoms with Crippen molar-refractivity contribution in [1.29, 1.82) is 0 Å². The average molecular weight is 175 g/mol. The molecule has 0 rings (SSSR count). The molecule has 68 valence electrons. The van der Waals surface area contributed by atoms with Crippen molar-refractivity contribution in [2.24, 2.45) is 0 Å². The molecule has 0 saturated carbocycles. The topological polar surface area (TPSA) is 12.0 Å². The molecule has 0 aromatic rings. The molecule has 2 heteroatoms. The van der Waals surface area contributed by atoms with E-state index in [4.69, 9.17) is 0 Å². The quantitative estimate of drug-likeness (QED) is 0.623. The average Bonchev–Trinajstić information content (AvgIpc) is 1.85. The minimum absolute atomic E-state index is 0.638. The van der Waals surface area contributed by atoms with Crippen molar-refractivity contribution in [2.45, 2.75) is 45.4 Å². The van der Waals surface area contributed by atoms with Gasteiger partial charge in [-0.25, -0.2) is 0 Å². The highest BCUT2D eigenvalue weighted by molar-refractivity contribution is 7.99. The zero-order chi connectivity index (χ0) is 8.69. The maximum Gasteiger partial charge on any atom is 0.00103 e. The molecule has 1 nitrogen and oxygen atoms in total. The molecule has 0 bridgehead atoms. The Balaban J connectivity index is 2.91. The van der Waals surface area contributed by atoms with E-state index in [9.17, 15) is 0 Å². The van der Waals surface area contributed by atoms with Crippen LogP contribution in [0.2, 0.25) is 0 Å².